The predicted octanol–water partition coefficient (Wildman–Crippen LogP) is 1.38. The highest BCUT2D eigenvalue weighted by Gasteiger charge is 2.12. The average Bonchev–Trinajstić information content (AvgIpc) is 2.16. The second-order valence-electron chi connectivity index (χ2n) is 4.69. The van der Waals surface area contributed by atoms with E-state index in [1.54, 1.807) is 0 Å². The van der Waals surface area contributed by atoms with E-state index in [1.807, 2.05) is 18.7 Å². The number of nitrogens with zero attached hydrogens (tertiary/aromatic N) is 2. The minimum Gasteiger partial charge on any atom is -0.355 e. The first-order valence-corrected chi connectivity index (χ1v) is 5.85. The molecule has 0 aliphatic carbocycles. The maximum Gasteiger partial charge on any atom is 0.234 e. The first-order chi connectivity index (χ1) is 7.47. The summed E-state index contributed by atoms with van der Waals surface area (Å²) >= 11 is 0. The van der Waals surface area contributed by atoms with E-state index in [9.17, 15) is 4.79 Å². The Balaban J connectivity index is 3.87. The van der Waals surface area contributed by atoms with Crippen molar-refractivity contribution in [3.05, 3.63) is 0 Å². The van der Waals surface area contributed by atoms with Crippen LogP contribution in [0.15, 0.2) is 0 Å². The molecule has 0 aromatic rings. The molecule has 0 aromatic carbocycles. The Morgan fingerprint density at radius 2 is 2.00 bits per heavy atom. The molecule has 92 valence electrons. The summed E-state index contributed by atoms with van der Waals surface area (Å²) in [5, 5.41) is 11.5. The van der Waals surface area contributed by atoms with E-state index < -0.39 is 0 Å². The van der Waals surface area contributed by atoms with E-state index in [1.165, 1.54) is 0 Å². The molecule has 1 N–H and O–H groups in total. The minimum atomic E-state index is 0.00426. The fourth-order valence-electron chi connectivity index (χ4n) is 1.25. The summed E-state index contributed by atoms with van der Waals surface area (Å²) in [6, 6.07) is 2.29. The van der Waals surface area contributed by atoms with Gasteiger partial charge in [0.15, 0.2) is 0 Å². The maximum absolute atomic E-state index is 11.6. The molecular formula is C12H23N3O. The van der Waals surface area contributed by atoms with E-state index in [0.29, 0.717) is 19.0 Å². The number of nitrogens with one attached hydrogen (secondary N) is 1. The number of hydrogen-bond acceptors (Lipinski definition) is 3. The summed E-state index contributed by atoms with van der Waals surface area (Å²) in [5.41, 5.74) is 0. The summed E-state index contributed by atoms with van der Waals surface area (Å²) in [5.74, 6) is 0.602. The smallest absolute Gasteiger partial charge is 0.234 e. The molecular weight excluding hydrogens is 202 g/mol. The van der Waals surface area contributed by atoms with E-state index in [2.05, 4.69) is 25.2 Å². The van der Waals surface area contributed by atoms with Crippen LogP contribution in [0.4, 0.5) is 0 Å². The van der Waals surface area contributed by atoms with Crippen LogP contribution in [0.1, 0.15) is 34.1 Å². The molecule has 0 atom stereocenters. The van der Waals surface area contributed by atoms with Crippen LogP contribution in [-0.4, -0.2) is 36.5 Å². The standard InChI is InChI=1S/C12H23N3O/c1-10(2)5-7-14-12(16)9-15(8-6-13)11(3)4/h10-11H,5,7-9H2,1-4H3,(H,14,16). The summed E-state index contributed by atoms with van der Waals surface area (Å²) < 4.78 is 0. The van der Waals surface area contributed by atoms with E-state index in [-0.39, 0.29) is 11.9 Å². The van der Waals surface area contributed by atoms with Gasteiger partial charge in [0.2, 0.25) is 5.91 Å². The Kier molecular flexibility index (Phi) is 7.57. The van der Waals surface area contributed by atoms with Crippen LogP contribution in [0.25, 0.3) is 0 Å². The lowest BCUT2D eigenvalue weighted by molar-refractivity contribution is -0.122. The van der Waals surface area contributed by atoms with Crippen LogP contribution in [0.3, 0.4) is 0 Å². The number of hydrogen-bond donors (Lipinski definition) is 1. The van der Waals surface area contributed by atoms with Crippen LogP contribution >= 0.6 is 0 Å². The van der Waals surface area contributed by atoms with Gasteiger partial charge in [-0.25, -0.2) is 0 Å². The third-order valence-corrected chi connectivity index (χ3v) is 2.39. The predicted molar refractivity (Wildman–Crippen MR) is 64.8 cm³/mol. The number of amides is 1. The molecule has 1 amide bonds. The summed E-state index contributed by atoms with van der Waals surface area (Å²) in [7, 11) is 0. The van der Waals surface area contributed by atoms with Crippen molar-refractivity contribution < 1.29 is 4.79 Å². The van der Waals surface area contributed by atoms with Crippen LogP contribution in [0, 0.1) is 17.2 Å². The molecule has 16 heavy (non-hydrogen) atoms. The van der Waals surface area contributed by atoms with Crippen molar-refractivity contribution in [2.45, 2.75) is 40.2 Å². The Bertz CT molecular complexity index is 243. The molecule has 0 rings (SSSR count). The Hall–Kier alpha value is -1.08. The van der Waals surface area contributed by atoms with Crippen molar-refractivity contribution in [3.8, 4) is 6.07 Å². The van der Waals surface area contributed by atoms with Crippen LogP contribution in [0.2, 0.25) is 0 Å². The van der Waals surface area contributed by atoms with Crippen molar-refractivity contribution in [1.29, 1.82) is 5.26 Å². The molecule has 0 aromatic heterocycles. The number of carbonyl (C=O) groups is 1. The van der Waals surface area contributed by atoms with Gasteiger partial charge in [0.25, 0.3) is 0 Å². The van der Waals surface area contributed by atoms with E-state index in [4.69, 9.17) is 5.26 Å². The van der Waals surface area contributed by atoms with Crippen LogP contribution < -0.4 is 5.32 Å². The topological polar surface area (TPSA) is 56.1 Å². The highest BCUT2D eigenvalue weighted by molar-refractivity contribution is 5.78. The monoisotopic (exact) mass is 225 g/mol. The van der Waals surface area contributed by atoms with Crippen LogP contribution in [-0.2, 0) is 4.79 Å². The molecule has 0 saturated heterocycles. The highest BCUT2D eigenvalue weighted by atomic mass is 16.2. The molecule has 0 fully saturated rings. The quantitative estimate of drug-likeness (QED) is 0.666. The van der Waals surface area contributed by atoms with E-state index in [0.717, 1.165) is 13.0 Å². The molecule has 4 nitrogen and oxygen atoms in total. The molecule has 0 saturated carbocycles. The summed E-state index contributed by atoms with van der Waals surface area (Å²) in [6.07, 6.45) is 0.992. The SMILES string of the molecule is CC(C)CCNC(=O)CN(CC#N)C(C)C. The average molecular weight is 225 g/mol. The van der Waals surface area contributed by atoms with Crippen molar-refractivity contribution in [1.82, 2.24) is 10.2 Å². The lowest BCUT2D eigenvalue weighted by Crippen LogP contribution is -2.41. The van der Waals surface area contributed by atoms with Gasteiger partial charge in [0.05, 0.1) is 19.2 Å². The summed E-state index contributed by atoms with van der Waals surface area (Å²) in [6.45, 7) is 9.55. The second kappa shape index (κ2) is 8.12. The van der Waals surface area contributed by atoms with Crippen molar-refractivity contribution in [2.75, 3.05) is 19.6 Å². The van der Waals surface area contributed by atoms with Gasteiger partial charge in [0, 0.05) is 12.6 Å². The zero-order chi connectivity index (χ0) is 12.6. The van der Waals surface area contributed by atoms with Crippen molar-refractivity contribution >= 4 is 5.91 Å². The highest BCUT2D eigenvalue weighted by Crippen LogP contribution is 1.98. The second-order valence-corrected chi connectivity index (χ2v) is 4.69. The summed E-state index contributed by atoms with van der Waals surface area (Å²) in [4.78, 5) is 13.4. The molecule has 0 radical (unpaired) electrons. The minimum absolute atomic E-state index is 0.00426. The van der Waals surface area contributed by atoms with Gasteiger partial charge >= 0.3 is 0 Å². The first kappa shape index (κ1) is 14.9. The Morgan fingerprint density at radius 3 is 2.44 bits per heavy atom. The number of rotatable bonds is 7. The van der Waals surface area contributed by atoms with E-state index >= 15 is 0 Å². The number of carbonyl (C=O) groups excluding carboxylic acids is 1. The van der Waals surface area contributed by atoms with Crippen LogP contribution in [0.5, 0.6) is 0 Å². The zero-order valence-electron chi connectivity index (χ0n) is 10.8. The van der Waals surface area contributed by atoms with Gasteiger partial charge in [-0.3, -0.25) is 9.69 Å². The molecule has 0 spiro atoms. The van der Waals surface area contributed by atoms with Gasteiger partial charge in [-0.1, -0.05) is 13.8 Å². The van der Waals surface area contributed by atoms with Gasteiger partial charge in [-0.2, -0.15) is 5.26 Å². The van der Waals surface area contributed by atoms with Crippen molar-refractivity contribution in [3.63, 3.8) is 0 Å². The maximum atomic E-state index is 11.6. The number of nitriles is 1. The lowest BCUT2D eigenvalue weighted by Gasteiger charge is -2.22. The molecule has 0 aliphatic rings. The molecule has 0 aliphatic heterocycles. The van der Waals surface area contributed by atoms with Gasteiger partial charge in [0.1, 0.15) is 0 Å². The molecule has 0 heterocycles. The third kappa shape index (κ3) is 7.24. The van der Waals surface area contributed by atoms with Gasteiger partial charge in [-0.15, -0.1) is 0 Å². The lowest BCUT2D eigenvalue weighted by atomic mass is 10.1. The van der Waals surface area contributed by atoms with Gasteiger partial charge < -0.3 is 5.32 Å². The molecule has 0 unspecified atom stereocenters. The first-order valence-electron chi connectivity index (χ1n) is 5.85. The van der Waals surface area contributed by atoms with Gasteiger partial charge in [-0.05, 0) is 26.2 Å². The Labute approximate surface area is 98.6 Å². The molecule has 4 heteroatoms. The zero-order valence-corrected chi connectivity index (χ0v) is 10.8. The molecule has 0 bridgehead atoms. The third-order valence-electron chi connectivity index (χ3n) is 2.39. The Morgan fingerprint density at radius 1 is 1.38 bits per heavy atom. The largest absolute Gasteiger partial charge is 0.355 e. The fraction of sp³-hybridized carbons (Fsp3) is 0.833. The normalized spacial score (nSPS) is 10.9. The fourth-order valence-corrected chi connectivity index (χ4v) is 1.25. The van der Waals surface area contributed by atoms with Crippen molar-refractivity contribution in [2.24, 2.45) is 5.92 Å².